The Labute approximate surface area is 74.2 Å². The molecule has 5 heteroatoms. The molecule has 0 radical (unpaired) electrons. The fourth-order valence-electron chi connectivity index (χ4n) is 0.866. The van der Waals surface area contributed by atoms with Gasteiger partial charge in [-0.2, -0.15) is 10.5 Å². The van der Waals surface area contributed by atoms with E-state index in [4.69, 9.17) is 10.5 Å². The van der Waals surface area contributed by atoms with Crippen LogP contribution < -0.4 is 0 Å². The summed E-state index contributed by atoms with van der Waals surface area (Å²) in [6, 6.07) is 4.87. The van der Waals surface area contributed by atoms with E-state index < -0.39 is 5.97 Å². The first-order valence-electron chi connectivity index (χ1n) is 3.34. The number of methoxy groups -OCH3 is 1. The molecule has 1 aromatic rings. The van der Waals surface area contributed by atoms with E-state index in [9.17, 15) is 4.79 Å². The van der Waals surface area contributed by atoms with Crippen molar-refractivity contribution in [2.45, 2.75) is 0 Å². The largest absolute Gasteiger partial charge is 0.464 e. The molecule has 0 bridgehead atoms. The molecule has 5 nitrogen and oxygen atoms in total. The second kappa shape index (κ2) is 3.42. The Kier molecular flexibility index (Phi) is 2.32. The van der Waals surface area contributed by atoms with Gasteiger partial charge in [-0.15, -0.1) is 0 Å². The van der Waals surface area contributed by atoms with Crippen LogP contribution in [0, 0.1) is 22.7 Å². The number of hydrogen-bond acceptors (Lipinski definition) is 4. The first-order chi connectivity index (χ1) is 6.22. The standard InChI is InChI=1S/C8H5N3O2/c1-13-8(12)7-5(3-9)2-6(4-10)11-7/h2,11H,1H3. The van der Waals surface area contributed by atoms with Gasteiger partial charge in [-0.1, -0.05) is 0 Å². The van der Waals surface area contributed by atoms with Gasteiger partial charge >= 0.3 is 5.97 Å². The van der Waals surface area contributed by atoms with Crippen molar-refractivity contribution < 1.29 is 9.53 Å². The highest BCUT2D eigenvalue weighted by Gasteiger charge is 2.15. The number of nitrogens with one attached hydrogen (secondary N) is 1. The summed E-state index contributed by atoms with van der Waals surface area (Å²) in [6.07, 6.45) is 0. The monoisotopic (exact) mass is 175 g/mol. The minimum absolute atomic E-state index is 0.0153. The van der Waals surface area contributed by atoms with Crippen LogP contribution in [-0.2, 0) is 4.74 Å². The molecule has 0 amide bonds. The number of nitrogens with zero attached hydrogens (tertiary/aromatic N) is 2. The quantitative estimate of drug-likeness (QED) is 0.631. The van der Waals surface area contributed by atoms with E-state index in [0.29, 0.717) is 0 Å². The number of aromatic nitrogens is 1. The molecule has 1 rings (SSSR count). The van der Waals surface area contributed by atoms with E-state index >= 15 is 0 Å². The third-order valence-corrected chi connectivity index (χ3v) is 1.45. The topological polar surface area (TPSA) is 89.7 Å². The molecule has 64 valence electrons. The Morgan fingerprint density at radius 2 is 2.23 bits per heavy atom. The maximum absolute atomic E-state index is 11.0. The molecule has 0 aliphatic rings. The average molecular weight is 175 g/mol. The third kappa shape index (κ3) is 1.49. The van der Waals surface area contributed by atoms with Crippen molar-refractivity contribution in [3.63, 3.8) is 0 Å². The van der Waals surface area contributed by atoms with Crippen LogP contribution in [0.25, 0.3) is 0 Å². The van der Waals surface area contributed by atoms with Crippen LogP contribution in [0.1, 0.15) is 21.7 Å². The summed E-state index contributed by atoms with van der Waals surface area (Å²) < 4.78 is 4.41. The second-order valence-electron chi connectivity index (χ2n) is 2.19. The Morgan fingerprint density at radius 3 is 2.69 bits per heavy atom. The zero-order chi connectivity index (χ0) is 9.84. The summed E-state index contributed by atoms with van der Waals surface area (Å²) in [7, 11) is 1.20. The molecule has 0 unspecified atom stereocenters. The zero-order valence-corrected chi connectivity index (χ0v) is 6.79. The van der Waals surface area contributed by atoms with Crippen molar-refractivity contribution in [2.75, 3.05) is 7.11 Å². The van der Waals surface area contributed by atoms with Gasteiger partial charge in [0.1, 0.15) is 23.5 Å². The number of hydrogen-bond donors (Lipinski definition) is 1. The van der Waals surface area contributed by atoms with Crippen molar-refractivity contribution >= 4 is 5.97 Å². The predicted molar refractivity (Wildman–Crippen MR) is 41.6 cm³/mol. The summed E-state index contributed by atoms with van der Waals surface area (Å²) in [4.78, 5) is 13.5. The fraction of sp³-hybridized carbons (Fsp3) is 0.125. The number of H-pyrrole nitrogens is 1. The van der Waals surface area contributed by atoms with E-state index in [-0.39, 0.29) is 17.0 Å². The average Bonchev–Trinajstić information content (AvgIpc) is 2.59. The van der Waals surface area contributed by atoms with Gasteiger partial charge in [0, 0.05) is 0 Å². The van der Waals surface area contributed by atoms with Crippen LogP contribution in [0.4, 0.5) is 0 Å². The predicted octanol–water partition coefficient (Wildman–Crippen LogP) is 0.545. The van der Waals surface area contributed by atoms with E-state index in [1.54, 1.807) is 12.1 Å². The normalized spacial score (nSPS) is 8.54. The summed E-state index contributed by atoms with van der Waals surface area (Å²) in [5.74, 6) is -0.655. The molecule has 0 aliphatic heterocycles. The molecule has 13 heavy (non-hydrogen) atoms. The maximum Gasteiger partial charge on any atom is 0.355 e. The number of aromatic amines is 1. The van der Waals surface area contributed by atoms with Gasteiger partial charge in [0.15, 0.2) is 0 Å². The Bertz CT molecular complexity index is 420. The molecule has 1 heterocycles. The lowest BCUT2D eigenvalue weighted by Crippen LogP contribution is -2.03. The minimum Gasteiger partial charge on any atom is -0.464 e. The molecule has 0 saturated carbocycles. The molecular formula is C8H5N3O2. The maximum atomic E-state index is 11.0. The van der Waals surface area contributed by atoms with Crippen molar-refractivity contribution in [3.05, 3.63) is 23.0 Å². The zero-order valence-electron chi connectivity index (χ0n) is 6.79. The number of ether oxygens (including phenoxy) is 1. The molecule has 0 saturated heterocycles. The van der Waals surface area contributed by atoms with Crippen LogP contribution in [-0.4, -0.2) is 18.1 Å². The molecule has 0 fully saturated rings. The number of esters is 1. The lowest BCUT2D eigenvalue weighted by Gasteiger charge is -1.93. The van der Waals surface area contributed by atoms with Crippen LogP contribution in [0.2, 0.25) is 0 Å². The fourth-order valence-corrected chi connectivity index (χ4v) is 0.866. The summed E-state index contributed by atoms with van der Waals surface area (Å²) >= 11 is 0. The van der Waals surface area contributed by atoms with Crippen LogP contribution >= 0.6 is 0 Å². The SMILES string of the molecule is COC(=O)c1[nH]c(C#N)cc1C#N. The molecule has 1 aromatic heterocycles. The van der Waals surface area contributed by atoms with Crippen molar-refractivity contribution in [1.29, 1.82) is 10.5 Å². The molecule has 0 aliphatic carbocycles. The summed E-state index contributed by atoms with van der Waals surface area (Å²) in [5, 5.41) is 17.1. The van der Waals surface area contributed by atoms with Crippen molar-refractivity contribution in [2.24, 2.45) is 0 Å². The first-order valence-corrected chi connectivity index (χ1v) is 3.34. The molecular weight excluding hydrogens is 170 g/mol. The van der Waals surface area contributed by atoms with Gasteiger partial charge in [-0.25, -0.2) is 4.79 Å². The van der Waals surface area contributed by atoms with Gasteiger partial charge in [0.05, 0.1) is 12.7 Å². The first kappa shape index (κ1) is 8.82. The molecule has 0 spiro atoms. The highest BCUT2D eigenvalue weighted by atomic mass is 16.5. The highest BCUT2D eigenvalue weighted by molar-refractivity contribution is 5.90. The molecule has 0 atom stereocenters. The van der Waals surface area contributed by atoms with Gasteiger partial charge in [0.25, 0.3) is 0 Å². The van der Waals surface area contributed by atoms with Gasteiger partial charge in [-0.05, 0) is 6.07 Å². The minimum atomic E-state index is -0.655. The van der Waals surface area contributed by atoms with E-state index in [0.717, 1.165) is 0 Å². The van der Waals surface area contributed by atoms with Crippen molar-refractivity contribution in [3.8, 4) is 12.1 Å². The van der Waals surface area contributed by atoms with E-state index in [1.807, 2.05) is 0 Å². The smallest absolute Gasteiger partial charge is 0.355 e. The number of carbonyl (C=O) groups excluding carboxylic acids is 1. The molecule has 0 aromatic carbocycles. The highest BCUT2D eigenvalue weighted by Crippen LogP contribution is 2.09. The number of rotatable bonds is 1. The van der Waals surface area contributed by atoms with Gasteiger partial charge in [-0.3, -0.25) is 0 Å². The lowest BCUT2D eigenvalue weighted by molar-refractivity contribution is 0.0594. The van der Waals surface area contributed by atoms with E-state index in [2.05, 4.69) is 9.72 Å². The lowest BCUT2D eigenvalue weighted by atomic mass is 10.2. The Balaban J connectivity index is 3.23. The van der Waals surface area contributed by atoms with Crippen molar-refractivity contribution in [1.82, 2.24) is 4.98 Å². The van der Waals surface area contributed by atoms with Gasteiger partial charge in [0.2, 0.25) is 0 Å². The second-order valence-corrected chi connectivity index (χ2v) is 2.19. The van der Waals surface area contributed by atoms with E-state index in [1.165, 1.54) is 13.2 Å². The third-order valence-electron chi connectivity index (χ3n) is 1.45. The number of nitriles is 2. The Morgan fingerprint density at radius 1 is 1.54 bits per heavy atom. The van der Waals surface area contributed by atoms with Crippen LogP contribution in [0.5, 0.6) is 0 Å². The Hall–Kier alpha value is -2.27. The molecule has 1 N–H and O–H groups in total. The summed E-state index contributed by atoms with van der Waals surface area (Å²) in [5.41, 5.74) is 0.293. The van der Waals surface area contributed by atoms with Crippen LogP contribution in [0.15, 0.2) is 6.07 Å². The summed E-state index contributed by atoms with van der Waals surface area (Å²) in [6.45, 7) is 0. The number of carbonyl (C=O) groups is 1. The van der Waals surface area contributed by atoms with Crippen LogP contribution in [0.3, 0.4) is 0 Å². The van der Waals surface area contributed by atoms with Gasteiger partial charge < -0.3 is 9.72 Å².